The van der Waals surface area contributed by atoms with Crippen molar-refractivity contribution in [3.05, 3.63) is 0 Å². The lowest BCUT2D eigenvalue weighted by Gasteiger charge is -2.41. The number of rotatable bonds is 4. The van der Waals surface area contributed by atoms with Gasteiger partial charge in [0.25, 0.3) is 0 Å². The first kappa shape index (κ1) is 16.1. The van der Waals surface area contributed by atoms with Crippen molar-refractivity contribution in [2.45, 2.75) is 38.1 Å². The zero-order valence-electron chi connectivity index (χ0n) is 13.1. The zero-order valence-corrected chi connectivity index (χ0v) is 13.1. The van der Waals surface area contributed by atoms with Gasteiger partial charge in [0.15, 0.2) is 0 Å². The summed E-state index contributed by atoms with van der Waals surface area (Å²) in [5, 5.41) is 9.20. The van der Waals surface area contributed by atoms with Gasteiger partial charge in [0.05, 0.1) is 12.5 Å². The van der Waals surface area contributed by atoms with Crippen molar-refractivity contribution < 1.29 is 14.7 Å². The molecule has 0 aromatic heterocycles. The smallest absolute Gasteiger partial charge is 0.319 e. The summed E-state index contributed by atoms with van der Waals surface area (Å²) in [5.41, 5.74) is 0. The van der Waals surface area contributed by atoms with Crippen LogP contribution in [-0.4, -0.2) is 78.1 Å². The van der Waals surface area contributed by atoms with Gasteiger partial charge < -0.3 is 19.8 Å². The number of nitrogens with zero attached hydrogens (tertiary/aromatic N) is 3. The predicted molar refractivity (Wildman–Crippen MR) is 79.8 cm³/mol. The summed E-state index contributed by atoms with van der Waals surface area (Å²) in [7, 11) is 3.47. The summed E-state index contributed by atoms with van der Waals surface area (Å²) in [6, 6.07) is 0.273. The summed E-state index contributed by atoms with van der Waals surface area (Å²) in [6.07, 6.45) is 4.95. The highest BCUT2D eigenvalue weighted by Crippen LogP contribution is 2.28. The second-order valence-corrected chi connectivity index (χ2v) is 6.30. The van der Waals surface area contributed by atoms with Crippen LogP contribution < -0.4 is 0 Å². The number of carbonyl (C=O) groups excluding carboxylic acids is 2. The van der Waals surface area contributed by atoms with Gasteiger partial charge in [0.1, 0.15) is 0 Å². The summed E-state index contributed by atoms with van der Waals surface area (Å²) in [4.78, 5) is 29.9. The molecule has 1 unspecified atom stereocenters. The monoisotopic (exact) mass is 297 g/mol. The van der Waals surface area contributed by atoms with Crippen LogP contribution in [0.15, 0.2) is 0 Å². The maximum Gasteiger partial charge on any atom is 0.319 e. The van der Waals surface area contributed by atoms with E-state index in [2.05, 4.69) is 0 Å². The first-order valence-electron chi connectivity index (χ1n) is 7.92. The largest absolute Gasteiger partial charge is 0.395 e. The van der Waals surface area contributed by atoms with Crippen LogP contribution in [0.1, 0.15) is 32.1 Å². The van der Waals surface area contributed by atoms with Gasteiger partial charge in [-0.3, -0.25) is 4.79 Å². The van der Waals surface area contributed by atoms with Crippen LogP contribution in [0.3, 0.4) is 0 Å². The molecule has 2 fully saturated rings. The van der Waals surface area contributed by atoms with Crippen LogP contribution in [-0.2, 0) is 4.79 Å². The van der Waals surface area contributed by atoms with Crippen molar-refractivity contribution in [2.24, 2.45) is 5.92 Å². The molecule has 0 bridgehead atoms. The maximum absolute atomic E-state index is 12.7. The molecule has 2 aliphatic rings. The van der Waals surface area contributed by atoms with Crippen molar-refractivity contribution in [3.8, 4) is 0 Å². The van der Waals surface area contributed by atoms with Crippen LogP contribution in [0.5, 0.6) is 0 Å². The highest BCUT2D eigenvalue weighted by molar-refractivity contribution is 5.81. The summed E-state index contributed by atoms with van der Waals surface area (Å²) >= 11 is 0. The van der Waals surface area contributed by atoms with E-state index in [1.807, 2.05) is 4.90 Å². The minimum Gasteiger partial charge on any atom is -0.395 e. The average molecular weight is 297 g/mol. The molecule has 3 amide bonds. The lowest BCUT2D eigenvalue weighted by molar-refractivity contribution is -0.141. The van der Waals surface area contributed by atoms with E-state index in [1.165, 1.54) is 0 Å². The molecule has 0 aromatic rings. The molecule has 0 spiro atoms. The molecule has 0 aromatic carbocycles. The minimum absolute atomic E-state index is 0.00923. The van der Waals surface area contributed by atoms with Crippen molar-refractivity contribution in [1.82, 2.24) is 14.7 Å². The predicted octanol–water partition coefficient (Wildman–Crippen LogP) is 0.753. The Hall–Kier alpha value is -1.30. The van der Waals surface area contributed by atoms with Gasteiger partial charge in [-0.2, -0.15) is 0 Å². The van der Waals surface area contributed by atoms with Crippen LogP contribution in [0.2, 0.25) is 0 Å². The number of urea groups is 1. The number of hydrogen-bond acceptors (Lipinski definition) is 3. The zero-order chi connectivity index (χ0) is 15.4. The quantitative estimate of drug-likeness (QED) is 0.833. The molecule has 1 atom stereocenters. The molecule has 120 valence electrons. The molecular weight excluding hydrogens is 270 g/mol. The Morgan fingerprint density at radius 2 is 1.90 bits per heavy atom. The lowest BCUT2D eigenvalue weighted by Crippen LogP contribution is -2.53. The number of piperidine rings is 1. The van der Waals surface area contributed by atoms with Gasteiger partial charge >= 0.3 is 6.03 Å². The fraction of sp³-hybridized carbons (Fsp3) is 0.867. The molecule has 0 radical (unpaired) electrons. The van der Waals surface area contributed by atoms with Crippen molar-refractivity contribution in [3.63, 3.8) is 0 Å². The highest BCUT2D eigenvalue weighted by Gasteiger charge is 2.35. The molecule has 21 heavy (non-hydrogen) atoms. The molecular formula is C15H27N3O3. The van der Waals surface area contributed by atoms with E-state index in [-0.39, 0.29) is 24.5 Å². The highest BCUT2D eigenvalue weighted by atomic mass is 16.3. The van der Waals surface area contributed by atoms with Crippen LogP contribution in [0, 0.1) is 5.92 Å². The second kappa shape index (κ2) is 7.11. The van der Waals surface area contributed by atoms with E-state index in [4.69, 9.17) is 0 Å². The summed E-state index contributed by atoms with van der Waals surface area (Å²) < 4.78 is 0. The Morgan fingerprint density at radius 1 is 1.19 bits per heavy atom. The maximum atomic E-state index is 12.7. The van der Waals surface area contributed by atoms with Gasteiger partial charge in [0, 0.05) is 39.8 Å². The topological polar surface area (TPSA) is 64.1 Å². The number of aliphatic hydroxyl groups excluding tert-OH is 1. The standard InChI is InChI=1S/C15H27N3O3/c1-16(2)15(21)17-8-4-5-12(11-17)14(20)18(9-10-19)13-6-3-7-13/h12-13,19H,3-11H2,1-2H3. The Morgan fingerprint density at radius 3 is 2.43 bits per heavy atom. The fourth-order valence-electron chi connectivity index (χ4n) is 3.15. The molecule has 1 aliphatic carbocycles. The summed E-state index contributed by atoms with van der Waals surface area (Å²) in [5.74, 6) is -0.000180. The summed E-state index contributed by atoms with van der Waals surface area (Å²) in [6.45, 7) is 1.66. The third-order valence-corrected chi connectivity index (χ3v) is 4.56. The van der Waals surface area contributed by atoms with Crippen molar-refractivity contribution in [2.75, 3.05) is 40.3 Å². The first-order valence-corrected chi connectivity index (χ1v) is 7.92. The molecule has 6 heteroatoms. The molecule has 2 rings (SSSR count). The molecule has 1 N–H and O–H groups in total. The van der Waals surface area contributed by atoms with Crippen molar-refractivity contribution in [1.29, 1.82) is 0 Å². The number of amides is 3. The van der Waals surface area contributed by atoms with Crippen molar-refractivity contribution >= 4 is 11.9 Å². The number of hydrogen-bond donors (Lipinski definition) is 1. The van der Waals surface area contributed by atoms with Crippen LogP contribution in [0.4, 0.5) is 4.79 Å². The first-order chi connectivity index (χ1) is 10.0. The Bertz CT molecular complexity index is 382. The van der Waals surface area contributed by atoms with Gasteiger partial charge in [-0.25, -0.2) is 4.79 Å². The van der Waals surface area contributed by atoms with Gasteiger partial charge in [-0.1, -0.05) is 0 Å². The third kappa shape index (κ3) is 3.67. The second-order valence-electron chi connectivity index (χ2n) is 6.30. The van der Waals surface area contributed by atoms with E-state index >= 15 is 0 Å². The third-order valence-electron chi connectivity index (χ3n) is 4.56. The number of aliphatic hydroxyl groups is 1. The van der Waals surface area contributed by atoms with E-state index < -0.39 is 0 Å². The van der Waals surface area contributed by atoms with Gasteiger partial charge in [0.2, 0.25) is 5.91 Å². The average Bonchev–Trinajstić information content (AvgIpc) is 2.43. The van der Waals surface area contributed by atoms with E-state index in [0.717, 1.165) is 38.6 Å². The fourth-order valence-corrected chi connectivity index (χ4v) is 3.15. The van der Waals surface area contributed by atoms with Gasteiger partial charge in [-0.05, 0) is 32.1 Å². The Labute approximate surface area is 126 Å². The Kier molecular flexibility index (Phi) is 5.45. The molecule has 1 heterocycles. The Balaban J connectivity index is 1.98. The molecule has 1 saturated carbocycles. The van der Waals surface area contributed by atoms with E-state index in [1.54, 1.807) is 23.9 Å². The number of carbonyl (C=O) groups is 2. The molecule has 6 nitrogen and oxygen atoms in total. The van der Waals surface area contributed by atoms with Gasteiger partial charge in [-0.15, -0.1) is 0 Å². The SMILES string of the molecule is CN(C)C(=O)N1CCCC(C(=O)N(CCO)C2CCC2)C1. The number of likely N-dealkylation sites (tertiary alicyclic amines) is 1. The normalized spacial score (nSPS) is 22.6. The molecule has 1 saturated heterocycles. The van der Waals surface area contributed by atoms with Crippen LogP contribution >= 0.6 is 0 Å². The van der Waals surface area contributed by atoms with E-state index in [9.17, 15) is 14.7 Å². The lowest BCUT2D eigenvalue weighted by atomic mass is 9.89. The van der Waals surface area contributed by atoms with Crippen LogP contribution in [0.25, 0.3) is 0 Å². The minimum atomic E-state index is -0.116. The van der Waals surface area contributed by atoms with E-state index in [0.29, 0.717) is 19.1 Å². The molecule has 1 aliphatic heterocycles.